The van der Waals surface area contributed by atoms with Gasteiger partial charge in [-0.25, -0.2) is 8.42 Å². The summed E-state index contributed by atoms with van der Waals surface area (Å²) in [4.78, 5) is 14.2. The number of benzene rings is 1. The van der Waals surface area contributed by atoms with Crippen LogP contribution in [-0.4, -0.2) is 53.5 Å². The van der Waals surface area contributed by atoms with E-state index in [9.17, 15) is 13.2 Å². The smallest absolute Gasteiger partial charge is 0.274 e. The number of nitriles is 1. The number of amides is 1. The van der Waals surface area contributed by atoms with E-state index in [1.807, 2.05) is 6.92 Å². The minimum absolute atomic E-state index is 0.00508. The van der Waals surface area contributed by atoms with E-state index in [4.69, 9.17) is 5.26 Å². The standard InChI is InChI=1S/C18H19N5O3S/c1-2-23(15-8-9-27(25,26)12-15)18(24)16-6-7-17(22-21-16)20-14-5-3-4-13(10-14)11-19/h3-7,10,15H,2,8-9,12H2,1H3,(H,20,22). The molecule has 1 amide bonds. The average molecular weight is 385 g/mol. The summed E-state index contributed by atoms with van der Waals surface area (Å²) < 4.78 is 23.4. The third-order valence-electron chi connectivity index (χ3n) is 4.40. The van der Waals surface area contributed by atoms with Crippen LogP contribution in [0.4, 0.5) is 11.5 Å². The maximum absolute atomic E-state index is 12.7. The number of nitrogens with zero attached hydrogens (tertiary/aromatic N) is 4. The van der Waals surface area contributed by atoms with Crippen molar-refractivity contribution < 1.29 is 13.2 Å². The zero-order valence-electron chi connectivity index (χ0n) is 14.8. The predicted octanol–water partition coefficient (Wildman–Crippen LogP) is 1.74. The Bertz CT molecular complexity index is 983. The SMILES string of the molecule is CCN(C(=O)c1ccc(Nc2cccc(C#N)c2)nn1)C1CCS(=O)(=O)C1. The molecule has 1 fully saturated rings. The largest absolute Gasteiger partial charge is 0.339 e. The molecule has 140 valence electrons. The Morgan fingerprint density at radius 3 is 2.74 bits per heavy atom. The monoisotopic (exact) mass is 385 g/mol. The summed E-state index contributed by atoms with van der Waals surface area (Å²) >= 11 is 0. The quantitative estimate of drug-likeness (QED) is 0.833. The number of anilines is 2. The number of sulfone groups is 1. The van der Waals surface area contributed by atoms with Gasteiger partial charge in [-0.15, -0.1) is 10.2 Å². The molecule has 1 unspecified atom stereocenters. The van der Waals surface area contributed by atoms with E-state index in [0.717, 1.165) is 0 Å². The van der Waals surface area contributed by atoms with Gasteiger partial charge in [0.05, 0.1) is 23.1 Å². The van der Waals surface area contributed by atoms with Gasteiger partial charge in [0.2, 0.25) is 0 Å². The van der Waals surface area contributed by atoms with Gasteiger partial charge in [0, 0.05) is 18.3 Å². The minimum Gasteiger partial charge on any atom is -0.339 e. The molecule has 2 heterocycles. The highest BCUT2D eigenvalue weighted by Gasteiger charge is 2.34. The third kappa shape index (κ3) is 4.41. The molecule has 1 atom stereocenters. The molecule has 1 aliphatic heterocycles. The van der Waals surface area contributed by atoms with Gasteiger partial charge < -0.3 is 10.2 Å². The number of carbonyl (C=O) groups is 1. The lowest BCUT2D eigenvalue weighted by Gasteiger charge is -2.26. The summed E-state index contributed by atoms with van der Waals surface area (Å²) in [6.45, 7) is 2.22. The number of aromatic nitrogens is 2. The zero-order valence-corrected chi connectivity index (χ0v) is 15.6. The van der Waals surface area contributed by atoms with Gasteiger partial charge in [0.15, 0.2) is 21.3 Å². The third-order valence-corrected chi connectivity index (χ3v) is 6.15. The summed E-state index contributed by atoms with van der Waals surface area (Å²) in [6.07, 6.45) is 0.449. The number of nitrogens with one attached hydrogen (secondary N) is 1. The highest BCUT2D eigenvalue weighted by atomic mass is 32.2. The van der Waals surface area contributed by atoms with E-state index >= 15 is 0 Å². The van der Waals surface area contributed by atoms with Crippen LogP contribution in [0.5, 0.6) is 0 Å². The van der Waals surface area contributed by atoms with Gasteiger partial charge >= 0.3 is 0 Å². The maximum atomic E-state index is 12.7. The maximum Gasteiger partial charge on any atom is 0.274 e. The molecule has 1 aliphatic rings. The lowest BCUT2D eigenvalue weighted by atomic mass is 10.2. The molecule has 0 radical (unpaired) electrons. The summed E-state index contributed by atoms with van der Waals surface area (Å²) in [5.41, 5.74) is 1.37. The van der Waals surface area contributed by atoms with Gasteiger partial charge in [0.25, 0.3) is 5.91 Å². The highest BCUT2D eigenvalue weighted by molar-refractivity contribution is 7.91. The van der Waals surface area contributed by atoms with Gasteiger partial charge in [-0.05, 0) is 43.7 Å². The molecule has 0 spiro atoms. The number of carbonyl (C=O) groups excluding carboxylic acids is 1. The van der Waals surface area contributed by atoms with Crippen LogP contribution in [0, 0.1) is 11.3 Å². The summed E-state index contributed by atoms with van der Waals surface area (Å²) in [5, 5.41) is 20.0. The first kappa shape index (κ1) is 18.8. The van der Waals surface area contributed by atoms with E-state index in [-0.39, 0.29) is 29.1 Å². The summed E-state index contributed by atoms with van der Waals surface area (Å²) in [6, 6.07) is 11.8. The van der Waals surface area contributed by atoms with E-state index in [1.165, 1.54) is 4.90 Å². The van der Waals surface area contributed by atoms with Crippen molar-refractivity contribution in [2.45, 2.75) is 19.4 Å². The summed E-state index contributed by atoms with van der Waals surface area (Å²) in [5.74, 6) is 0.213. The first-order chi connectivity index (χ1) is 12.9. The van der Waals surface area contributed by atoms with Crippen LogP contribution in [0.1, 0.15) is 29.4 Å². The van der Waals surface area contributed by atoms with Gasteiger partial charge in [-0.2, -0.15) is 5.26 Å². The molecular formula is C18H19N5O3S. The average Bonchev–Trinajstić information content (AvgIpc) is 3.02. The van der Waals surface area contributed by atoms with Crippen molar-refractivity contribution in [1.29, 1.82) is 5.26 Å². The predicted molar refractivity (Wildman–Crippen MR) is 100 cm³/mol. The molecular weight excluding hydrogens is 366 g/mol. The first-order valence-corrected chi connectivity index (χ1v) is 10.4. The van der Waals surface area contributed by atoms with Crippen LogP contribution >= 0.6 is 0 Å². The molecule has 1 aromatic carbocycles. The number of rotatable bonds is 5. The van der Waals surface area contributed by atoms with Gasteiger partial charge in [0.1, 0.15) is 0 Å². The van der Waals surface area contributed by atoms with Crippen molar-refractivity contribution in [2.24, 2.45) is 0 Å². The Hall–Kier alpha value is -2.99. The number of hydrogen-bond donors (Lipinski definition) is 1. The van der Waals surface area contributed by atoms with Gasteiger partial charge in [-0.3, -0.25) is 4.79 Å². The second-order valence-electron chi connectivity index (χ2n) is 6.27. The van der Waals surface area contributed by atoms with E-state index < -0.39 is 9.84 Å². The Kier molecular flexibility index (Phi) is 5.37. The first-order valence-electron chi connectivity index (χ1n) is 8.54. The minimum atomic E-state index is -3.08. The molecule has 9 heteroatoms. The topological polar surface area (TPSA) is 116 Å². The van der Waals surface area contributed by atoms with Crippen LogP contribution in [0.25, 0.3) is 0 Å². The normalized spacial score (nSPS) is 17.9. The Balaban J connectivity index is 1.72. The fraction of sp³-hybridized carbons (Fsp3) is 0.333. The molecule has 0 saturated carbocycles. The van der Waals surface area contributed by atoms with Crippen molar-refractivity contribution >= 4 is 27.2 Å². The van der Waals surface area contributed by atoms with Crippen LogP contribution < -0.4 is 5.32 Å². The molecule has 27 heavy (non-hydrogen) atoms. The molecule has 0 aliphatic carbocycles. The van der Waals surface area contributed by atoms with Crippen LogP contribution in [0.2, 0.25) is 0 Å². The Morgan fingerprint density at radius 1 is 1.33 bits per heavy atom. The molecule has 1 N–H and O–H groups in total. The molecule has 1 saturated heterocycles. The molecule has 2 aromatic rings. The molecule has 0 bridgehead atoms. The Morgan fingerprint density at radius 2 is 2.15 bits per heavy atom. The van der Waals surface area contributed by atoms with Crippen molar-refractivity contribution in [3.63, 3.8) is 0 Å². The number of hydrogen-bond acceptors (Lipinski definition) is 7. The van der Waals surface area contributed by atoms with E-state index in [1.54, 1.807) is 36.4 Å². The van der Waals surface area contributed by atoms with Crippen molar-refractivity contribution in [3.05, 3.63) is 47.7 Å². The second kappa shape index (κ2) is 7.72. The van der Waals surface area contributed by atoms with Gasteiger partial charge in [-0.1, -0.05) is 6.07 Å². The molecule has 8 nitrogen and oxygen atoms in total. The van der Waals surface area contributed by atoms with Crippen LogP contribution in [0.15, 0.2) is 36.4 Å². The zero-order chi connectivity index (χ0) is 19.4. The van der Waals surface area contributed by atoms with Crippen molar-refractivity contribution in [2.75, 3.05) is 23.4 Å². The van der Waals surface area contributed by atoms with E-state index in [2.05, 4.69) is 21.6 Å². The second-order valence-corrected chi connectivity index (χ2v) is 8.50. The van der Waals surface area contributed by atoms with Crippen LogP contribution in [0.3, 0.4) is 0 Å². The van der Waals surface area contributed by atoms with Crippen molar-refractivity contribution in [1.82, 2.24) is 15.1 Å². The fourth-order valence-corrected chi connectivity index (χ4v) is 4.79. The summed E-state index contributed by atoms with van der Waals surface area (Å²) in [7, 11) is -3.08. The van der Waals surface area contributed by atoms with Crippen LogP contribution in [-0.2, 0) is 9.84 Å². The Labute approximate surface area is 157 Å². The van der Waals surface area contributed by atoms with E-state index in [0.29, 0.717) is 30.0 Å². The lowest BCUT2D eigenvalue weighted by molar-refractivity contribution is 0.0701. The van der Waals surface area contributed by atoms with Crippen molar-refractivity contribution in [3.8, 4) is 6.07 Å². The lowest BCUT2D eigenvalue weighted by Crippen LogP contribution is -2.41. The molecule has 3 rings (SSSR count). The molecule has 1 aromatic heterocycles. The highest BCUT2D eigenvalue weighted by Crippen LogP contribution is 2.20. The fourth-order valence-electron chi connectivity index (χ4n) is 3.06.